The summed E-state index contributed by atoms with van der Waals surface area (Å²) in [6.07, 6.45) is -3.14. The van der Waals surface area contributed by atoms with E-state index >= 15 is 0 Å². The van der Waals surface area contributed by atoms with Gasteiger partial charge in [0.15, 0.2) is 0 Å². The largest absolute Gasteiger partial charge is 0.508 e. The highest BCUT2D eigenvalue weighted by Crippen LogP contribution is 2.35. The van der Waals surface area contributed by atoms with Crippen molar-refractivity contribution in [1.82, 2.24) is 9.80 Å². The molecule has 1 atom stereocenters. The first-order valence-corrected chi connectivity index (χ1v) is 12.4. The third kappa shape index (κ3) is 6.34. The Labute approximate surface area is 209 Å². The van der Waals surface area contributed by atoms with Gasteiger partial charge in [0.25, 0.3) is 0 Å². The normalized spacial score (nSPS) is 18.8. The van der Waals surface area contributed by atoms with Crippen molar-refractivity contribution in [1.29, 1.82) is 0 Å². The van der Waals surface area contributed by atoms with Gasteiger partial charge in [0.1, 0.15) is 5.75 Å². The smallest absolute Gasteiger partial charge is 0.418 e. The zero-order chi connectivity index (χ0) is 25.9. The molecule has 2 heterocycles. The van der Waals surface area contributed by atoms with Gasteiger partial charge in [0.05, 0.1) is 5.56 Å². The number of piperazine rings is 1. The van der Waals surface area contributed by atoms with Gasteiger partial charge >= 0.3 is 6.18 Å². The summed E-state index contributed by atoms with van der Waals surface area (Å²) in [6, 6.07) is 11.1. The van der Waals surface area contributed by atoms with Crippen LogP contribution in [0, 0.1) is 5.92 Å². The summed E-state index contributed by atoms with van der Waals surface area (Å²) in [4.78, 5) is 19.5. The third-order valence-electron chi connectivity index (χ3n) is 7.08. The highest BCUT2D eigenvalue weighted by Gasteiger charge is 2.33. The number of rotatable bonds is 6. The van der Waals surface area contributed by atoms with Crippen molar-refractivity contribution < 1.29 is 23.1 Å². The van der Waals surface area contributed by atoms with E-state index in [2.05, 4.69) is 15.1 Å². The Balaban J connectivity index is 1.22. The van der Waals surface area contributed by atoms with Crippen LogP contribution in [-0.2, 0) is 11.0 Å². The maximum atomic E-state index is 13.1. The van der Waals surface area contributed by atoms with E-state index in [1.807, 2.05) is 24.0 Å². The lowest BCUT2D eigenvalue weighted by Gasteiger charge is -2.38. The van der Waals surface area contributed by atoms with E-state index in [4.69, 9.17) is 5.73 Å². The van der Waals surface area contributed by atoms with E-state index in [-0.39, 0.29) is 29.3 Å². The number of hydrogen-bond acceptors (Lipinski definition) is 6. The average Bonchev–Trinajstić information content (AvgIpc) is 2.85. The molecule has 2 aliphatic heterocycles. The first-order chi connectivity index (χ1) is 17.1. The van der Waals surface area contributed by atoms with Crippen molar-refractivity contribution in [2.45, 2.75) is 32.0 Å². The molecule has 2 aliphatic rings. The van der Waals surface area contributed by atoms with E-state index in [0.29, 0.717) is 38.2 Å². The van der Waals surface area contributed by atoms with Crippen molar-refractivity contribution >= 4 is 23.0 Å². The van der Waals surface area contributed by atoms with E-state index in [1.165, 1.54) is 6.07 Å². The Hall–Kier alpha value is -3.14. The Morgan fingerprint density at radius 3 is 2.31 bits per heavy atom. The molecule has 0 aromatic heterocycles. The summed E-state index contributed by atoms with van der Waals surface area (Å²) in [7, 11) is 0. The highest BCUT2D eigenvalue weighted by molar-refractivity contribution is 5.78. The molecule has 2 fully saturated rings. The lowest BCUT2D eigenvalue weighted by Crippen LogP contribution is -2.50. The summed E-state index contributed by atoms with van der Waals surface area (Å²) in [6.45, 7) is 7.29. The predicted octanol–water partition coefficient (Wildman–Crippen LogP) is 3.85. The van der Waals surface area contributed by atoms with Crippen molar-refractivity contribution in [3.63, 3.8) is 0 Å². The van der Waals surface area contributed by atoms with Crippen LogP contribution in [0.15, 0.2) is 42.5 Å². The van der Waals surface area contributed by atoms with Crippen LogP contribution in [0.4, 0.5) is 30.2 Å². The fraction of sp³-hybridized carbons (Fsp3) is 0.500. The summed E-state index contributed by atoms with van der Waals surface area (Å²) < 4.78 is 39.4. The number of nitrogen functional groups attached to an aromatic ring is 1. The standard InChI is InChI=1S/C26H34F3N5O2/c1-18(17-32-12-14-33(15-13-32)21-3-5-22(35)6-4-21)25(36)34-10-8-19(9-11-34)31-20-2-7-24(30)23(16-20)26(27,28)29/h2-7,16,18-19,31,35H,8-15,17,30H2,1H3. The molecule has 0 radical (unpaired) electrons. The molecule has 10 heteroatoms. The van der Waals surface area contributed by atoms with Gasteiger partial charge in [-0.2, -0.15) is 13.2 Å². The number of piperidine rings is 1. The molecule has 2 aromatic rings. The Morgan fingerprint density at radius 2 is 1.69 bits per heavy atom. The summed E-state index contributed by atoms with van der Waals surface area (Å²) in [5.41, 5.74) is 5.84. The van der Waals surface area contributed by atoms with Crippen LogP contribution in [0.2, 0.25) is 0 Å². The number of carbonyl (C=O) groups is 1. The predicted molar refractivity (Wildman–Crippen MR) is 135 cm³/mol. The van der Waals surface area contributed by atoms with Gasteiger partial charge in [-0.15, -0.1) is 0 Å². The van der Waals surface area contributed by atoms with Crippen molar-refractivity contribution in [2.75, 3.05) is 61.8 Å². The minimum atomic E-state index is -4.49. The molecular formula is C26H34F3N5O2. The number of nitrogens with one attached hydrogen (secondary N) is 1. The second-order valence-electron chi connectivity index (χ2n) is 9.75. The number of carbonyl (C=O) groups excluding carboxylic acids is 1. The number of anilines is 3. The number of phenols is 1. The van der Waals surface area contributed by atoms with Crippen LogP contribution in [0.5, 0.6) is 5.75 Å². The molecule has 0 bridgehead atoms. The number of phenolic OH excluding ortho intramolecular Hbond substituents is 1. The van der Waals surface area contributed by atoms with Gasteiger partial charge in [0.2, 0.25) is 5.91 Å². The first kappa shape index (κ1) is 25.9. The monoisotopic (exact) mass is 505 g/mol. The SMILES string of the molecule is CC(CN1CCN(c2ccc(O)cc2)CC1)C(=O)N1CCC(Nc2ccc(N)c(C(F)(F)F)c2)CC1. The molecule has 2 aromatic carbocycles. The van der Waals surface area contributed by atoms with Crippen LogP contribution in [0.3, 0.4) is 0 Å². The molecule has 0 spiro atoms. The lowest BCUT2D eigenvalue weighted by molar-refractivity contribution is -0.137. The molecule has 1 unspecified atom stereocenters. The summed E-state index contributed by atoms with van der Waals surface area (Å²) in [5, 5.41) is 12.6. The van der Waals surface area contributed by atoms with Crippen molar-refractivity contribution in [2.24, 2.45) is 5.92 Å². The molecule has 7 nitrogen and oxygen atoms in total. The molecule has 196 valence electrons. The van der Waals surface area contributed by atoms with Crippen LogP contribution < -0.4 is 16.0 Å². The maximum Gasteiger partial charge on any atom is 0.418 e. The topological polar surface area (TPSA) is 85.1 Å². The van der Waals surface area contributed by atoms with Gasteiger partial charge in [-0.3, -0.25) is 9.69 Å². The minimum absolute atomic E-state index is 0.00189. The number of likely N-dealkylation sites (tertiary alicyclic amines) is 1. The maximum absolute atomic E-state index is 13.1. The quantitative estimate of drug-likeness (QED) is 0.517. The van der Waals surface area contributed by atoms with Crippen LogP contribution in [0.1, 0.15) is 25.3 Å². The van der Waals surface area contributed by atoms with E-state index in [0.717, 1.165) is 37.9 Å². The van der Waals surface area contributed by atoms with E-state index < -0.39 is 11.7 Å². The van der Waals surface area contributed by atoms with Crippen molar-refractivity contribution in [3.8, 4) is 5.75 Å². The van der Waals surface area contributed by atoms with Gasteiger partial charge in [-0.25, -0.2) is 0 Å². The van der Waals surface area contributed by atoms with Gasteiger partial charge in [-0.1, -0.05) is 6.92 Å². The van der Waals surface area contributed by atoms with Gasteiger partial charge in [-0.05, 0) is 55.3 Å². The van der Waals surface area contributed by atoms with E-state index in [1.54, 1.807) is 18.2 Å². The number of hydrogen-bond donors (Lipinski definition) is 3. The Kier molecular flexibility index (Phi) is 7.82. The number of nitrogens with zero attached hydrogens (tertiary/aromatic N) is 3. The van der Waals surface area contributed by atoms with Crippen LogP contribution >= 0.6 is 0 Å². The zero-order valence-corrected chi connectivity index (χ0v) is 20.5. The highest BCUT2D eigenvalue weighted by atomic mass is 19.4. The summed E-state index contributed by atoms with van der Waals surface area (Å²) in [5.74, 6) is 0.257. The fourth-order valence-corrected chi connectivity index (χ4v) is 5.00. The molecule has 0 saturated carbocycles. The second kappa shape index (κ2) is 10.9. The molecule has 36 heavy (non-hydrogen) atoms. The molecule has 2 saturated heterocycles. The first-order valence-electron chi connectivity index (χ1n) is 12.4. The number of amides is 1. The van der Waals surface area contributed by atoms with Crippen LogP contribution in [0.25, 0.3) is 0 Å². The second-order valence-corrected chi connectivity index (χ2v) is 9.75. The molecule has 1 amide bonds. The van der Waals surface area contributed by atoms with E-state index in [9.17, 15) is 23.1 Å². The van der Waals surface area contributed by atoms with Crippen molar-refractivity contribution in [3.05, 3.63) is 48.0 Å². The molecule has 0 aliphatic carbocycles. The molecular weight excluding hydrogens is 471 g/mol. The number of aromatic hydroxyl groups is 1. The molecule has 4 rings (SSSR count). The van der Waals surface area contributed by atoms with Gasteiger partial charge in [0, 0.05) is 74.8 Å². The third-order valence-corrected chi connectivity index (χ3v) is 7.08. The lowest BCUT2D eigenvalue weighted by atomic mass is 10.0. The summed E-state index contributed by atoms with van der Waals surface area (Å²) >= 11 is 0. The fourth-order valence-electron chi connectivity index (χ4n) is 5.00. The minimum Gasteiger partial charge on any atom is -0.508 e. The number of nitrogens with two attached hydrogens (primary N) is 1. The van der Waals surface area contributed by atoms with Crippen LogP contribution in [-0.4, -0.2) is 72.7 Å². The Morgan fingerprint density at radius 1 is 1.06 bits per heavy atom. The number of benzene rings is 2. The zero-order valence-electron chi connectivity index (χ0n) is 20.5. The van der Waals surface area contributed by atoms with Gasteiger partial charge < -0.3 is 26.0 Å². The average molecular weight is 506 g/mol. The Bertz CT molecular complexity index is 1030. The number of halogens is 3. The molecule has 4 N–H and O–H groups in total. The number of alkyl halides is 3.